The van der Waals surface area contributed by atoms with E-state index in [1.165, 1.54) is 30.6 Å². The first-order valence-corrected chi connectivity index (χ1v) is 7.34. The summed E-state index contributed by atoms with van der Waals surface area (Å²) in [6, 6.07) is 2.14. The number of H-pyrrole nitrogens is 1. The molecule has 1 saturated carbocycles. The first kappa shape index (κ1) is 12.3. The van der Waals surface area contributed by atoms with Gasteiger partial charge in [-0.1, -0.05) is 19.3 Å². The number of aromatic amines is 1. The quantitative estimate of drug-likeness (QED) is 0.898. The zero-order chi connectivity index (χ0) is 13.1. The summed E-state index contributed by atoms with van der Waals surface area (Å²) in [4.78, 5) is 12.8. The lowest BCUT2D eigenvalue weighted by Crippen LogP contribution is -2.35. The van der Waals surface area contributed by atoms with E-state index < -0.39 is 0 Å². The number of amides is 1. The highest BCUT2D eigenvalue weighted by Crippen LogP contribution is 2.23. The molecule has 0 unspecified atom stereocenters. The molecule has 1 amide bonds. The third-order valence-electron chi connectivity index (χ3n) is 3.37. The van der Waals surface area contributed by atoms with E-state index in [0.29, 0.717) is 16.7 Å². The van der Waals surface area contributed by atoms with Crippen LogP contribution in [0.15, 0.2) is 11.4 Å². The maximum Gasteiger partial charge on any atom is 0.261 e. The largest absolute Gasteiger partial charge is 0.349 e. The normalized spacial score (nSPS) is 16.4. The molecule has 0 bridgehead atoms. The second kappa shape index (κ2) is 5.48. The van der Waals surface area contributed by atoms with Crippen LogP contribution in [0.1, 0.15) is 41.8 Å². The molecule has 6 nitrogen and oxygen atoms in total. The minimum Gasteiger partial charge on any atom is -0.349 e. The number of carbonyl (C=O) groups excluding carboxylic acids is 1. The van der Waals surface area contributed by atoms with Crippen molar-refractivity contribution in [1.82, 2.24) is 25.9 Å². The van der Waals surface area contributed by atoms with Crippen molar-refractivity contribution < 1.29 is 4.79 Å². The Kier molecular flexibility index (Phi) is 3.54. The van der Waals surface area contributed by atoms with Crippen LogP contribution in [0.25, 0.3) is 11.4 Å². The average molecular weight is 277 g/mol. The Hall–Kier alpha value is -1.76. The van der Waals surface area contributed by atoms with Gasteiger partial charge in [0.15, 0.2) is 0 Å². The Balaban J connectivity index is 1.67. The van der Waals surface area contributed by atoms with Gasteiger partial charge >= 0.3 is 0 Å². The smallest absolute Gasteiger partial charge is 0.261 e. The van der Waals surface area contributed by atoms with E-state index in [0.717, 1.165) is 18.4 Å². The Labute approximate surface area is 114 Å². The van der Waals surface area contributed by atoms with Crippen LogP contribution in [0.4, 0.5) is 0 Å². The molecule has 0 aromatic carbocycles. The Morgan fingerprint density at radius 1 is 1.37 bits per heavy atom. The number of hydrogen-bond acceptors (Lipinski definition) is 5. The van der Waals surface area contributed by atoms with Crippen LogP contribution in [-0.2, 0) is 0 Å². The molecule has 3 rings (SSSR count). The Morgan fingerprint density at radius 2 is 2.21 bits per heavy atom. The van der Waals surface area contributed by atoms with Crippen LogP contribution in [0.3, 0.4) is 0 Å². The van der Waals surface area contributed by atoms with Gasteiger partial charge in [0.1, 0.15) is 0 Å². The standard InChI is InChI=1S/C12H15N5OS/c18-12(13-9-4-2-1-3-5-9)10-6-8(7-19-10)11-14-16-17-15-11/h6-7,9H,1-5H2,(H,13,18)(H,14,15,16,17). The monoisotopic (exact) mass is 277 g/mol. The Morgan fingerprint density at radius 3 is 2.95 bits per heavy atom. The molecule has 2 heterocycles. The molecule has 0 spiro atoms. The molecule has 1 fully saturated rings. The van der Waals surface area contributed by atoms with E-state index in [-0.39, 0.29) is 5.91 Å². The highest BCUT2D eigenvalue weighted by molar-refractivity contribution is 7.12. The topological polar surface area (TPSA) is 83.6 Å². The predicted octanol–water partition coefficient (Wildman–Crippen LogP) is 1.99. The van der Waals surface area contributed by atoms with Crippen LogP contribution in [0.2, 0.25) is 0 Å². The molecule has 0 atom stereocenters. The van der Waals surface area contributed by atoms with Crippen molar-refractivity contribution in [2.45, 2.75) is 38.1 Å². The summed E-state index contributed by atoms with van der Waals surface area (Å²) < 4.78 is 0. The van der Waals surface area contributed by atoms with Gasteiger partial charge < -0.3 is 5.32 Å². The molecular formula is C12H15N5OS. The fourth-order valence-electron chi connectivity index (χ4n) is 2.36. The molecule has 1 aliphatic rings. The van der Waals surface area contributed by atoms with E-state index >= 15 is 0 Å². The number of rotatable bonds is 3. The molecule has 0 radical (unpaired) electrons. The summed E-state index contributed by atoms with van der Waals surface area (Å²) in [6.07, 6.45) is 5.89. The highest BCUT2D eigenvalue weighted by Gasteiger charge is 2.18. The maximum absolute atomic E-state index is 12.1. The van der Waals surface area contributed by atoms with Gasteiger partial charge in [0.25, 0.3) is 5.91 Å². The van der Waals surface area contributed by atoms with Crippen LogP contribution in [-0.4, -0.2) is 32.6 Å². The minimum absolute atomic E-state index is 0.00615. The van der Waals surface area contributed by atoms with Gasteiger partial charge in [-0.25, -0.2) is 0 Å². The van der Waals surface area contributed by atoms with E-state index in [4.69, 9.17) is 0 Å². The van der Waals surface area contributed by atoms with Gasteiger partial charge in [-0.05, 0) is 24.1 Å². The molecule has 2 aromatic heterocycles. The van der Waals surface area contributed by atoms with Gasteiger partial charge in [-0.2, -0.15) is 5.21 Å². The summed E-state index contributed by atoms with van der Waals surface area (Å²) in [7, 11) is 0. The molecule has 19 heavy (non-hydrogen) atoms. The van der Waals surface area contributed by atoms with Crippen molar-refractivity contribution in [2.24, 2.45) is 0 Å². The minimum atomic E-state index is 0.00615. The van der Waals surface area contributed by atoms with E-state index in [9.17, 15) is 4.79 Å². The van der Waals surface area contributed by atoms with Crippen molar-refractivity contribution in [3.8, 4) is 11.4 Å². The van der Waals surface area contributed by atoms with Gasteiger partial charge in [0.2, 0.25) is 5.82 Å². The van der Waals surface area contributed by atoms with Crippen LogP contribution >= 0.6 is 11.3 Å². The number of tetrazole rings is 1. The van der Waals surface area contributed by atoms with E-state index in [1.807, 2.05) is 11.4 Å². The number of aromatic nitrogens is 4. The second-order valence-corrected chi connectivity index (χ2v) is 5.65. The van der Waals surface area contributed by atoms with Crippen molar-refractivity contribution in [2.75, 3.05) is 0 Å². The highest BCUT2D eigenvalue weighted by atomic mass is 32.1. The molecule has 2 aromatic rings. The zero-order valence-electron chi connectivity index (χ0n) is 10.4. The van der Waals surface area contributed by atoms with Crippen molar-refractivity contribution in [1.29, 1.82) is 0 Å². The van der Waals surface area contributed by atoms with Crippen molar-refractivity contribution in [3.63, 3.8) is 0 Å². The summed E-state index contributed by atoms with van der Waals surface area (Å²) in [5.74, 6) is 0.527. The van der Waals surface area contributed by atoms with E-state index in [2.05, 4.69) is 25.9 Å². The summed E-state index contributed by atoms with van der Waals surface area (Å²) in [5.41, 5.74) is 0.826. The first-order chi connectivity index (χ1) is 9.33. The number of nitrogens with one attached hydrogen (secondary N) is 2. The lowest BCUT2D eigenvalue weighted by Gasteiger charge is -2.22. The number of carbonyl (C=O) groups is 1. The zero-order valence-corrected chi connectivity index (χ0v) is 11.2. The summed E-state index contributed by atoms with van der Waals surface area (Å²) >= 11 is 1.41. The predicted molar refractivity (Wildman–Crippen MR) is 71.8 cm³/mol. The average Bonchev–Trinajstić information content (AvgIpc) is 3.11. The number of thiophene rings is 1. The third kappa shape index (κ3) is 2.81. The fourth-order valence-corrected chi connectivity index (χ4v) is 3.15. The summed E-state index contributed by atoms with van der Waals surface area (Å²) in [5, 5.41) is 18.7. The number of nitrogens with zero attached hydrogens (tertiary/aromatic N) is 3. The van der Waals surface area contributed by atoms with Gasteiger partial charge in [-0.3, -0.25) is 4.79 Å². The maximum atomic E-state index is 12.1. The molecular weight excluding hydrogens is 262 g/mol. The molecule has 2 N–H and O–H groups in total. The fraction of sp³-hybridized carbons (Fsp3) is 0.500. The van der Waals surface area contributed by atoms with Gasteiger partial charge in [-0.15, -0.1) is 21.5 Å². The molecule has 0 aliphatic heterocycles. The third-order valence-corrected chi connectivity index (χ3v) is 4.30. The first-order valence-electron chi connectivity index (χ1n) is 6.46. The van der Waals surface area contributed by atoms with E-state index in [1.54, 1.807) is 0 Å². The molecule has 7 heteroatoms. The van der Waals surface area contributed by atoms with Crippen molar-refractivity contribution in [3.05, 3.63) is 16.3 Å². The Bertz CT molecular complexity index is 544. The molecule has 100 valence electrons. The van der Waals surface area contributed by atoms with Crippen LogP contribution < -0.4 is 5.32 Å². The van der Waals surface area contributed by atoms with Crippen molar-refractivity contribution >= 4 is 17.2 Å². The lowest BCUT2D eigenvalue weighted by atomic mass is 9.95. The van der Waals surface area contributed by atoms with Gasteiger partial charge in [0, 0.05) is 17.0 Å². The van der Waals surface area contributed by atoms with Crippen LogP contribution in [0.5, 0.6) is 0 Å². The number of hydrogen-bond donors (Lipinski definition) is 2. The lowest BCUT2D eigenvalue weighted by molar-refractivity contribution is 0.0932. The van der Waals surface area contributed by atoms with Gasteiger partial charge in [0.05, 0.1) is 4.88 Å². The van der Waals surface area contributed by atoms with Crippen LogP contribution in [0, 0.1) is 0 Å². The molecule has 0 saturated heterocycles. The summed E-state index contributed by atoms with van der Waals surface area (Å²) in [6.45, 7) is 0. The second-order valence-electron chi connectivity index (χ2n) is 4.74. The molecule has 1 aliphatic carbocycles. The SMILES string of the molecule is O=C(NC1CCCCC1)c1cc(-c2nn[nH]n2)cs1.